The highest BCUT2D eigenvalue weighted by Gasteiger charge is 2.23. The van der Waals surface area contributed by atoms with E-state index in [4.69, 9.17) is 11.6 Å². The van der Waals surface area contributed by atoms with Gasteiger partial charge in [0.2, 0.25) is 0 Å². The predicted octanol–water partition coefficient (Wildman–Crippen LogP) is 2.44. The first kappa shape index (κ1) is 15.6. The van der Waals surface area contributed by atoms with E-state index in [1.807, 2.05) is 18.7 Å². The van der Waals surface area contributed by atoms with E-state index in [-0.39, 0.29) is 5.71 Å². The molecule has 6 nitrogen and oxygen atoms in total. The molecule has 8 heteroatoms. The van der Waals surface area contributed by atoms with Gasteiger partial charge in [-0.3, -0.25) is 9.79 Å². The molecule has 1 heterocycles. The maximum Gasteiger partial charge on any atom is 0.276 e. The van der Waals surface area contributed by atoms with Crippen molar-refractivity contribution in [3.8, 4) is 0 Å². The Hall–Kier alpha value is -1.47. The van der Waals surface area contributed by atoms with Gasteiger partial charge in [-0.15, -0.1) is 0 Å². The molecule has 1 aromatic heterocycles. The van der Waals surface area contributed by atoms with Gasteiger partial charge in [0.1, 0.15) is 17.8 Å². The lowest BCUT2D eigenvalue weighted by Crippen LogP contribution is -2.22. The van der Waals surface area contributed by atoms with Crippen LogP contribution in [0.15, 0.2) is 10.1 Å². The number of thiazole rings is 1. The van der Waals surface area contributed by atoms with Crippen molar-refractivity contribution in [1.29, 1.82) is 0 Å². The Morgan fingerprint density at radius 1 is 1.53 bits per heavy atom. The zero-order valence-electron chi connectivity index (χ0n) is 11.0. The highest BCUT2D eigenvalue weighted by Crippen LogP contribution is 2.33. The van der Waals surface area contributed by atoms with E-state index in [9.17, 15) is 4.79 Å². The Morgan fingerprint density at radius 3 is 2.58 bits per heavy atom. The van der Waals surface area contributed by atoms with Crippen LogP contribution in [0.4, 0.5) is 10.1 Å². The van der Waals surface area contributed by atoms with Gasteiger partial charge in [-0.1, -0.05) is 16.5 Å². The van der Waals surface area contributed by atoms with E-state index in [1.54, 1.807) is 0 Å². The molecule has 0 saturated carbocycles. The summed E-state index contributed by atoms with van der Waals surface area (Å²) in [6.07, 6.45) is 0. The summed E-state index contributed by atoms with van der Waals surface area (Å²) in [4.78, 5) is 26.2. The standard InChI is InChI=1S/C11H15ClN4O2S/c1-5-16(6-2)11-14-8(10(13-3)19-11)7(9(12)17)15-18-4/h3,5-6H2,1-2,4H3. The lowest BCUT2D eigenvalue weighted by atomic mass is 10.3. The number of anilines is 1. The van der Waals surface area contributed by atoms with E-state index >= 15 is 0 Å². The third-order valence-electron chi connectivity index (χ3n) is 2.37. The average Bonchev–Trinajstić information content (AvgIpc) is 2.80. The Labute approximate surface area is 120 Å². The largest absolute Gasteiger partial charge is 0.398 e. The Morgan fingerprint density at radius 2 is 2.16 bits per heavy atom. The minimum absolute atomic E-state index is 0.0683. The molecule has 0 aromatic carbocycles. The topological polar surface area (TPSA) is 67.2 Å². The first-order chi connectivity index (χ1) is 9.08. The number of hydrogen-bond acceptors (Lipinski definition) is 7. The summed E-state index contributed by atoms with van der Waals surface area (Å²) in [5, 5.41) is 4.09. The molecule has 0 aliphatic heterocycles. The number of aliphatic imine (C=N–C) groups is 1. The van der Waals surface area contributed by atoms with Crippen LogP contribution in [-0.4, -0.2) is 42.9 Å². The van der Waals surface area contributed by atoms with Gasteiger partial charge in [0.05, 0.1) is 0 Å². The van der Waals surface area contributed by atoms with Crippen LogP contribution in [0.3, 0.4) is 0 Å². The normalized spacial score (nSPS) is 11.3. The number of carbonyl (C=O) groups is 1. The van der Waals surface area contributed by atoms with Gasteiger partial charge in [-0.2, -0.15) is 0 Å². The van der Waals surface area contributed by atoms with E-state index in [2.05, 4.69) is 26.7 Å². The van der Waals surface area contributed by atoms with Crippen LogP contribution in [0.25, 0.3) is 0 Å². The zero-order chi connectivity index (χ0) is 14.4. The fourth-order valence-electron chi connectivity index (χ4n) is 1.46. The zero-order valence-corrected chi connectivity index (χ0v) is 12.6. The van der Waals surface area contributed by atoms with Gasteiger partial charge >= 0.3 is 0 Å². The molecule has 0 N–H and O–H groups in total. The molecule has 0 saturated heterocycles. The van der Waals surface area contributed by atoms with Crippen LogP contribution < -0.4 is 4.90 Å². The molecule has 1 rings (SSSR count). The average molecular weight is 303 g/mol. The van der Waals surface area contributed by atoms with E-state index in [1.165, 1.54) is 18.4 Å². The third-order valence-corrected chi connectivity index (χ3v) is 3.60. The van der Waals surface area contributed by atoms with E-state index < -0.39 is 5.24 Å². The van der Waals surface area contributed by atoms with Crippen LogP contribution in [-0.2, 0) is 9.63 Å². The predicted molar refractivity (Wildman–Crippen MR) is 79.3 cm³/mol. The lowest BCUT2D eigenvalue weighted by Gasteiger charge is -2.16. The molecule has 0 amide bonds. The summed E-state index contributed by atoms with van der Waals surface area (Å²) < 4.78 is 0. The number of hydrogen-bond donors (Lipinski definition) is 0. The second kappa shape index (κ2) is 7.20. The van der Waals surface area contributed by atoms with Crippen molar-refractivity contribution in [3.63, 3.8) is 0 Å². The van der Waals surface area contributed by atoms with Crippen molar-refractivity contribution in [2.24, 2.45) is 10.1 Å². The Kier molecular flexibility index (Phi) is 5.91. The molecule has 19 heavy (non-hydrogen) atoms. The second-order valence-corrected chi connectivity index (χ2v) is 4.68. The maximum atomic E-state index is 11.4. The van der Waals surface area contributed by atoms with Crippen LogP contribution >= 0.6 is 22.9 Å². The summed E-state index contributed by atoms with van der Waals surface area (Å²) in [7, 11) is 1.33. The van der Waals surface area contributed by atoms with Crippen molar-refractivity contribution < 1.29 is 9.63 Å². The third kappa shape index (κ3) is 3.51. The maximum absolute atomic E-state index is 11.4. The fourth-order valence-corrected chi connectivity index (χ4v) is 2.58. The minimum Gasteiger partial charge on any atom is -0.398 e. The summed E-state index contributed by atoms with van der Waals surface area (Å²) in [5.41, 5.74) is 0.227. The van der Waals surface area contributed by atoms with Gasteiger partial charge in [0, 0.05) is 13.1 Å². The first-order valence-electron chi connectivity index (χ1n) is 5.62. The number of nitrogens with zero attached hydrogens (tertiary/aromatic N) is 4. The molecule has 0 aliphatic rings. The summed E-state index contributed by atoms with van der Waals surface area (Å²) in [6.45, 7) is 9.10. The number of rotatable bonds is 7. The molecule has 104 valence electrons. The second-order valence-electron chi connectivity index (χ2n) is 3.38. The minimum atomic E-state index is -0.747. The van der Waals surface area contributed by atoms with Crippen LogP contribution in [0.5, 0.6) is 0 Å². The van der Waals surface area contributed by atoms with Gasteiger partial charge < -0.3 is 9.74 Å². The van der Waals surface area contributed by atoms with Crippen molar-refractivity contribution >= 4 is 50.7 Å². The number of halogens is 1. The monoisotopic (exact) mass is 302 g/mol. The molecule has 0 atom stereocenters. The van der Waals surface area contributed by atoms with Gasteiger partial charge in [0.15, 0.2) is 10.8 Å². The molecular formula is C11H15ClN4O2S. The molecule has 0 spiro atoms. The number of carbonyl (C=O) groups excluding carboxylic acids is 1. The Balaban J connectivity index is 3.30. The molecule has 0 aliphatic carbocycles. The van der Waals surface area contributed by atoms with Crippen molar-refractivity contribution in [3.05, 3.63) is 5.69 Å². The molecule has 0 unspecified atom stereocenters. The molecule has 0 bridgehead atoms. The van der Waals surface area contributed by atoms with E-state index in [0.717, 1.165) is 18.2 Å². The lowest BCUT2D eigenvalue weighted by molar-refractivity contribution is -0.106. The highest BCUT2D eigenvalue weighted by molar-refractivity contribution is 7.19. The molecule has 0 fully saturated rings. The smallest absolute Gasteiger partial charge is 0.276 e. The van der Waals surface area contributed by atoms with Gasteiger partial charge in [-0.25, -0.2) is 4.98 Å². The quantitative estimate of drug-likeness (QED) is 0.441. The highest BCUT2D eigenvalue weighted by atomic mass is 35.5. The fraction of sp³-hybridized carbons (Fsp3) is 0.455. The van der Waals surface area contributed by atoms with Crippen LogP contribution in [0, 0.1) is 0 Å². The summed E-state index contributed by atoms with van der Waals surface area (Å²) in [5.74, 6) is 0. The SMILES string of the molecule is C=Nc1sc(N(CC)CC)nc1C(=NOC)C(=O)Cl. The van der Waals surface area contributed by atoms with Crippen LogP contribution in [0.1, 0.15) is 19.5 Å². The summed E-state index contributed by atoms with van der Waals surface area (Å²) in [6, 6.07) is 0. The molecule has 0 radical (unpaired) electrons. The van der Waals surface area contributed by atoms with E-state index in [0.29, 0.717) is 10.7 Å². The van der Waals surface area contributed by atoms with Crippen molar-refractivity contribution in [2.75, 3.05) is 25.1 Å². The molecule has 1 aromatic rings. The molecular weight excluding hydrogens is 288 g/mol. The van der Waals surface area contributed by atoms with Gasteiger partial charge in [0.25, 0.3) is 5.24 Å². The first-order valence-corrected chi connectivity index (χ1v) is 6.82. The van der Waals surface area contributed by atoms with Crippen molar-refractivity contribution in [1.82, 2.24) is 4.98 Å². The number of oxime groups is 1. The van der Waals surface area contributed by atoms with Crippen LogP contribution in [0.2, 0.25) is 0 Å². The number of aromatic nitrogens is 1. The van der Waals surface area contributed by atoms with Crippen molar-refractivity contribution in [2.45, 2.75) is 13.8 Å². The van der Waals surface area contributed by atoms with Gasteiger partial charge in [-0.05, 0) is 32.2 Å². The summed E-state index contributed by atoms with van der Waals surface area (Å²) >= 11 is 6.81. The Bertz CT molecular complexity index is 497.